The average molecular weight is 331 g/mol. The first-order valence-electron chi connectivity index (χ1n) is 7.62. The minimum Gasteiger partial charge on any atom is -0.444 e. The molecule has 2 aliphatic heterocycles. The van der Waals surface area contributed by atoms with Crippen LogP contribution in [0.2, 0.25) is 6.04 Å². The van der Waals surface area contributed by atoms with Crippen molar-refractivity contribution >= 4 is 15.9 Å². The first-order valence-corrected chi connectivity index (χ1v) is 8.74. The smallest absolute Gasteiger partial charge is 0.407 e. The fourth-order valence-corrected chi connectivity index (χ4v) is 2.81. The summed E-state index contributed by atoms with van der Waals surface area (Å²) in [5.41, 5.74) is -0.337. The predicted molar refractivity (Wildman–Crippen MR) is 80.0 cm³/mol. The lowest BCUT2D eigenvalue weighted by Gasteiger charge is -2.45. The Bertz CT molecular complexity index is 367. The maximum atomic E-state index is 11.6. The molecule has 0 aromatic heterocycles. The zero-order chi connectivity index (χ0) is 16.0. The van der Waals surface area contributed by atoms with Crippen LogP contribution in [0.5, 0.6) is 0 Å². The van der Waals surface area contributed by atoms with Gasteiger partial charge in [-0.25, -0.2) is 4.79 Å². The number of carbonyl (C=O) groups is 1. The van der Waals surface area contributed by atoms with E-state index in [9.17, 15) is 4.79 Å². The van der Waals surface area contributed by atoms with Gasteiger partial charge >= 0.3 is 6.09 Å². The third kappa shape index (κ3) is 5.20. The summed E-state index contributed by atoms with van der Waals surface area (Å²) in [5.74, 6) is 0. The van der Waals surface area contributed by atoms with Crippen molar-refractivity contribution in [3.63, 3.8) is 0 Å². The molecule has 0 aromatic rings. The van der Waals surface area contributed by atoms with E-state index < -0.39 is 6.09 Å². The molecule has 8 heteroatoms. The maximum absolute atomic E-state index is 11.6. The van der Waals surface area contributed by atoms with Crippen LogP contribution in [0.1, 0.15) is 20.3 Å². The first-order chi connectivity index (χ1) is 10.5. The van der Waals surface area contributed by atoms with Gasteiger partial charge in [-0.1, -0.05) is 0 Å². The number of carbonyl (C=O) groups excluding carboxylic acids is 1. The van der Waals surface area contributed by atoms with Gasteiger partial charge in [0.05, 0.1) is 19.8 Å². The predicted octanol–water partition coefficient (Wildman–Crippen LogP) is 0.748. The lowest BCUT2D eigenvalue weighted by atomic mass is 9.91. The van der Waals surface area contributed by atoms with E-state index in [1.54, 1.807) is 7.11 Å². The van der Waals surface area contributed by atoms with Crippen LogP contribution < -0.4 is 5.32 Å². The zero-order valence-electron chi connectivity index (χ0n) is 13.4. The summed E-state index contributed by atoms with van der Waals surface area (Å²) in [4.78, 5) is 11.6. The molecule has 1 N–H and O–H groups in total. The number of hydrogen-bond donors (Lipinski definition) is 1. The Balaban J connectivity index is 1.55. The zero-order valence-corrected chi connectivity index (χ0v) is 14.4. The fourth-order valence-electron chi connectivity index (χ4n) is 2.29. The van der Waals surface area contributed by atoms with Crippen LogP contribution in [0.15, 0.2) is 0 Å². The summed E-state index contributed by atoms with van der Waals surface area (Å²) in [6.07, 6.45) is 0.319. The molecular weight excluding hydrogens is 306 g/mol. The Morgan fingerprint density at radius 1 is 1.50 bits per heavy atom. The number of hydrogen-bond acceptors (Lipinski definition) is 6. The van der Waals surface area contributed by atoms with E-state index in [2.05, 4.69) is 5.32 Å². The first kappa shape index (κ1) is 17.7. The molecule has 2 saturated heterocycles. The van der Waals surface area contributed by atoms with Crippen LogP contribution >= 0.6 is 0 Å². The highest BCUT2D eigenvalue weighted by Crippen LogP contribution is 2.37. The largest absolute Gasteiger partial charge is 0.444 e. The van der Waals surface area contributed by atoms with Crippen molar-refractivity contribution in [3.8, 4) is 0 Å². The summed E-state index contributed by atoms with van der Waals surface area (Å²) in [5, 5.41) is 2.72. The monoisotopic (exact) mass is 331 g/mol. The van der Waals surface area contributed by atoms with Gasteiger partial charge in [-0.3, -0.25) is 0 Å². The summed E-state index contributed by atoms with van der Waals surface area (Å²) < 4.78 is 26.8. The molecule has 0 aliphatic carbocycles. The average Bonchev–Trinajstić information content (AvgIpc) is 3.28. The minimum atomic E-state index is -0.408. The van der Waals surface area contributed by atoms with Crippen molar-refractivity contribution in [2.24, 2.45) is 0 Å². The molecule has 4 atom stereocenters. The minimum absolute atomic E-state index is 0.00450. The summed E-state index contributed by atoms with van der Waals surface area (Å²) in [6, 6.07) is 0.943. The lowest BCUT2D eigenvalue weighted by molar-refractivity contribution is -0.262. The molecule has 7 nitrogen and oxygen atoms in total. The van der Waals surface area contributed by atoms with Gasteiger partial charge in [-0.2, -0.15) is 0 Å². The van der Waals surface area contributed by atoms with Gasteiger partial charge in [-0.15, -0.1) is 0 Å². The van der Waals surface area contributed by atoms with Crippen molar-refractivity contribution in [1.82, 2.24) is 5.32 Å². The molecule has 0 spiro atoms. The fraction of sp³-hybridized carbons (Fsp3) is 0.929. The van der Waals surface area contributed by atoms with Crippen molar-refractivity contribution in [2.45, 2.75) is 50.2 Å². The quantitative estimate of drug-likeness (QED) is 0.361. The normalized spacial score (nSPS) is 31.2. The van der Waals surface area contributed by atoms with Crippen LogP contribution in [-0.2, 0) is 23.4 Å². The standard InChI is InChI=1S/C14H25NO6Si/c1-10(21-13(16)15-5-4-6-22-17-3)7-20-14(2)9-19-12(14)11-8-18-11/h10-12H,4-9H2,1-3H3,(H,15,16). The molecule has 2 rings (SSSR count). The molecule has 126 valence electrons. The van der Waals surface area contributed by atoms with E-state index in [4.69, 9.17) is 23.4 Å². The summed E-state index contributed by atoms with van der Waals surface area (Å²) in [7, 11) is 2.16. The molecule has 2 aliphatic rings. The molecule has 1 amide bonds. The third-order valence-corrected chi connectivity index (χ3v) is 4.52. The van der Waals surface area contributed by atoms with Gasteiger partial charge in [0.2, 0.25) is 9.76 Å². The molecular formula is C14H25NO6Si. The van der Waals surface area contributed by atoms with E-state index in [1.165, 1.54) is 0 Å². The van der Waals surface area contributed by atoms with Crippen molar-refractivity contribution in [3.05, 3.63) is 0 Å². The van der Waals surface area contributed by atoms with Gasteiger partial charge < -0.3 is 28.7 Å². The molecule has 0 bridgehead atoms. The van der Waals surface area contributed by atoms with Crippen LogP contribution in [-0.4, -0.2) is 73.2 Å². The number of rotatable bonds is 10. The lowest BCUT2D eigenvalue weighted by Crippen LogP contribution is -2.61. The Kier molecular flexibility index (Phi) is 6.63. The van der Waals surface area contributed by atoms with Gasteiger partial charge in [0.25, 0.3) is 0 Å². The molecule has 0 aromatic carbocycles. The van der Waals surface area contributed by atoms with Crippen molar-refractivity contribution < 1.29 is 28.2 Å². The second kappa shape index (κ2) is 8.26. The van der Waals surface area contributed by atoms with Gasteiger partial charge in [0, 0.05) is 13.7 Å². The second-order valence-corrected chi connectivity index (χ2v) is 7.02. The van der Waals surface area contributed by atoms with Gasteiger partial charge in [0.15, 0.2) is 0 Å². The molecule has 0 saturated carbocycles. The Labute approximate surface area is 133 Å². The van der Waals surface area contributed by atoms with E-state index in [0.717, 1.165) is 19.1 Å². The number of nitrogens with one attached hydrogen (secondary N) is 1. The number of ether oxygens (including phenoxy) is 4. The van der Waals surface area contributed by atoms with Crippen LogP contribution in [0.4, 0.5) is 4.79 Å². The second-order valence-electron chi connectivity index (χ2n) is 5.82. The van der Waals surface area contributed by atoms with Gasteiger partial charge in [-0.05, 0) is 26.3 Å². The molecule has 22 heavy (non-hydrogen) atoms. The Morgan fingerprint density at radius 2 is 2.27 bits per heavy atom. The molecule has 2 heterocycles. The SMILES string of the molecule is CO[Si]CCCNC(=O)OC(C)COC1(C)COC1C1CO1. The maximum Gasteiger partial charge on any atom is 0.407 e. The Morgan fingerprint density at radius 3 is 2.86 bits per heavy atom. The van der Waals surface area contributed by atoms with Crippen LogP contribution in [0, 0.1) is 0 Å². The molecule has 2 fully saturated rings. The molecule has 4 unspecified atom stereocenters. The molecule has 2 radical (unpaired) electrons. The van der Waals surface area contributed by atoms with Crippen LogP contribution in [0.25, 0.3) is 0 Å². The van der Waals surface area contributed by atoms with E-state index in [1.807, 2.05) is 13.8 Å². The number of alkyl carbamates (subject to hydrolysis) is 1. The van der Waals surface area contributed by atoms with Gasteiger partial charge in [0.1, 0.15) is 23.9 Å². The highest BCUT2D eigenvalue weighted by atomic mass is 28.2. The van der Waals surface area contributed by atoms with Crippen molar-refractivity contribution in [2.75, 3.05) is 33.5 Å². The Hall–Kier alpha value is -0.673. The number of amides is 1. The van der Waals surface area contributed by atoms with Crippen molar-refractivity contribution in [1.29, 1.82) is 0 Å². The highest BCUT2D eigenvalue weighted by molar-refractivity contribution is 6.26. The number of epoxide rings is 1. The van der Waals surface area contributed by atoms with E-state index in [-0.39, 0.29) is 23.9 Å². The summed E-state index contributed by atoms with van der Waals surface area (Å²) >= 11 is 0. The summed E-state index contributed by atoms with van der Waals surface area (Å²) in [6.45, 7) is 6.05. The third-order valence-electron chi connectivity index (χ3n) is 3.67. The highest BCUT2D eigenvalue weighted by Gasteiger charge is 2.54. The topological polar surface area (TPSA) is 78.6 Å². The van der Waals surface area contributed by atoms with Crippen LogP contribution in [0.3, 0.4) is 0 Å². The van der Waals surface area contributed by atoms with E-state index >= 15 is 0 Å². The van der Waals surface area contributed by atoms with E-state index in [0.29, 0.717) is 29.5 Å².